The van der Waals surface area contributed by atoms with Crippen molar-refractivity contribution >= 4 is 35.3 Å². The van der Waals surface area contributed by atoms with E-state index < -0.39 is 30.9 Å². The molecule has 18 nitrogen and oxygen atoms in total. The Morgan fingerprint density at radius 2 is 0.854 bits per heavy atom. The third kappa shape index (κ3) is 21.6. The fourth-order valence-corrected chi connectivity index (χ4v) is 4.00. The van der Waals surface area contributed by atoms with Crippen molar-refractivity contribution in [2.45, 2.75) is 6.92 Å². The summed E-state index contributed by atoms with van der Waals surface area (Å²) >= 11 is 0. The average molecular weight is 693 g/mol. The Kier molecular flexibility index (Phi) is 26.8. The number of hydrogen-bond acceptors (Lipinski definition) is 13. The molecule has 0 aromatic heterocycles. The second-order valence-electron chi connectivity index (χ2n) is 10.5. The summed E-state index contributed by atoms with van der Waals surface area (Å²) in [4.78, 5) is 80.7. The molecule has 0 radical (unpaired) electrons. The van der Waals surface area contributed by atoms with Crippen LogP contribution in [0.2, 0.25) is 0 Å². The van der Waals surface area contributed by atoms with Gasteiger partial charge in [0, 0.05) is 80.8 Å². The van der Waals surface area contributed by atoms with E-state index in [1.54, 1.807) is 7.05 Å². The quantitative estimate of drug-likeness (QED) is 0.0767. The van der Waals surface area contributed by atoms with E-state index in [1.165, 1.54) is 55.0 Å². The summed E-state index contributed by atoms with van der Waals surface area (Å²) in [5.74, 6) is -2.47. The number of carbonyl (C=O) groups is 6. The van der Waals surface area contributed by atoms with E-state index >= 15 is 0 Å². The molecule has 0 bridgehead atoms. The zero-order chi connectivity index (χ0) is 36.2. The molecule has 278 valence electrons. The lowest BCUT2D eigenvalue weighted by Gasteiger charge is -2.25. The molecule has 0 aliphatic rings. The van der Waals surface area contributed by atoms with Crippen LogP contribution >= 0.6 is 0 Å². The maximum atomic E-state index is 12.9. The first-order valence-corrected chi connectivity index (χ1v) is 15.7. The van der Waals surface area contributed by atoms with Crippen LogP contribution < -0.4 is 10.6 Å². The van der Waals surface area contributed by atoms with Crippen molar-refractivity contribution in [1.82, 2.24) is 30.2 Å². The topological polar surface area (TPSA) is 195 Å². The number of amides is 5. The second-order valence-corrected chi connectivity index (χ2v) is 10.5. The summed E-state index contributed by atoms with van der Waals surface area (Å²) in [5, 5.41) is 5.57. The maximum absolute atomic E-state index is 12.9. The van der Waals surface area contributed by atoms with Crippen LogP contribution in [0.25, 0.3) is 0 Å². The van der Waals surface area contributed by atoms with Crippen LogP contribution in [0, 0.1) is 0 Å². The van der Waals surface area contributed by atoms with Gasteiger partial charge in [0.25, 0.3) is 0 Å². The van der Waals surface area contributed by atoms with E-state index in [0.717, 1.165) is 0 Å². The van der Waals surface area contributed by atoms with Gasteiger partial charge < -0.3 is 58.7 Å². The first kappa shape index (κ1) is 44.7. The molecule has 18 heteroatoms. The molecule has 2 N–H and O–H groups in total. The van der Waals surface area contributed by atoms with Gasteiger partial charge >= 0.3 is 0 Å². The largest absolute Gasteiger partial charge is 0.383 e. The number of hydrogen-bond donors (Lipinski definition) is 2. The number of carbonyl (C=O) groups excluding carboxylic acids is 6. The fraction of sp³-hybridized carbons (Fsp3) is 0.800. The van der Waals surface area contributed by atoms with Crippen LogP contribution in [0.4, 0.5) is 0 Å². The zero-order valence-corrected chi connectivity index (χ0v) is 29.4. The molecule has 0 aromatic rings. The molecular weight excluding hydrogens is 636 g/mol. The Hall–Kier alpha value is -3.26. The molecule has 0 aliphatic heterocycles. The summed E-state index contributed by atoms with van der Waals surface area (Å²) < 4.78 is 30.8. The normalized spacial score (nSPS) is 10.8. The molecule has 0 unspecified atom stereocenters. The van der Waals surface area contributed by atoms with Crippen molar-refractivity contribution in [3.63, 3.8) is 0 Å². The van der Waals surface area contributed by atoms with E-state index in [9.17, 15) is 28.8 Å². The first-order valence-electron chi connectivity index (χ1n) is 15.7. The standard InChI is InChI=1S/C30H56N6O12/c1-25(37)19-35(29(41)23-47-21-27(39)33(11-15-43-3)12-16-44-4)10-8-32-26(38)20-36(9-7-31-2)30(42)24-48-22-28(40)34(13-17-45-5)14-18-46-6/h31H,7-24H2,1-6H3,(H,32,38). The average Bonchev–Trinajstić information content (AvgIpc) is 3.05. The predicted octanol–water partition coefficient (Wildman–Crippen LogP) is -3.16. The predicted molar refractivity (Wildman–Crippen MR) is 173 cm³/mol. The number of Topliss-reactive ketones (excluding diaryl/α,β-unsaturated/α-hetero) is 1. The van der Waals surface area contributed by atoms with E-state index in [-0.39, 0.29) is 63.5 Å². The molecule has 5 amide bonds. The Balaban J connectivity index is 4.95. The van der Waals surface area contributed by atoms with Gasteiger partial charge in [-0.25, -0.2) is 0 Å². The van der Waals surface area contributed by atoms with Crippen LogP contribution in [0.3, 0.4) is 0 Å². The molecule has 0 atom stereocenters. The molecule has 0 heterocycles. The second kappa shape index (κ2) is 28.7. The van der Waals surface area contributed by atoms with E-state index in [2.05, 4.69) is 10.6 Å². The molecule has 0 aliphatic carbocycles. The van der Waals surface area contributed by atoms with Crippen molar-refractivity contribution in [2.75, 3.05) is 154 Å². The smallest absolute Gasteiger partial charge is 0.249 e. The number of methoxy groups -OCH3 is 4. The van der Waals surface area contributed by atoms with Crippen molar-refractivity contribution in [1.29, 1.82) is 0 Å². The number of ether oxygens (including phenoxy) is 6. The number of likely N-dealkylation sites (N-methyl/N-ethyl adjacent to an activating group) is 1. The van der Waals surface area contributed by atoms with Crippen LogP contribution in [0.15, 0.2) is 0 Å². The monoisotopic (exact) mass is 692 g/mol. The molecule has 0 rings (SSSR count). The summed E-state index contributed by atoms with van der Waals surface area (Å²) in [5.41, 5.74) is 0. The van der Waals surface area contributed by atoms with Crippen LogP contribution in [0.1, 0.15) is 6.92 Å². The third-order valence-corrected chi connectivity index (χ3v) is 6.66. The lowest BCUT2D eigenvalue weighted by Crippen LogP contribution is -2.47. The van der Waals surface area contributed by atoms with Gasteiger partial charge in [-0.15, -0.1) is 0 Å². The van der Waals surface area contributed by atoms with Gasteiger partial charge in [0.15, 0.2) is 0 Å². The lowest BCUT2D eigenvalue weighted by molar-refractivity contribution is -0.144. The minimum Gasteiger partial charge on any atom is -0.383 e. The lowest BCUT2D eigenvalue weighted by atomic mass is 10.3. The van der Waals surface area contributed by atoms with Crippen LogP contribution in [0.5, 0.6) is 0 Å². The summed E-state index contributed by atoms with van der Waals surface area (Å²) in [7, 11) is 7.79. The Labute approximate surface area is 283 Å². The van der Waals surface area contributed by atoms with E-state index in [4.69, 9.17) is 28.4 Å². The fourth-order valence-electron chi connectivity index (χ4n) is 4.00. The van der Waals surface area contributed by atoms with Crippen molar-refractivity contribution in [2.24, 2.45) is 0 Å². The highest BCUT2D eigenvalue weighted by Gasteiger charge is 2.21. The van der Waals surface area contributed by atoms with Gasteiger partial charge in [-0.3, -0.25) is 28.8 Å². The summed E-state index contributed by atoms with van der Waals surface area (Å²) in [6.45, 7) is 2.56. The van der Waals surface area contributed by atoms with Gasteiger partial charge in [0.1, 0.15) is 32.2 Å². The first-order chi connectivity index (χ1) is 23.0. The molecule has 0 saturated heterocycles. The molecule has 0 fully saturated rings. The number of nitrogens with one attached hydrogen (secondary N) is 2. The van der Waals surface area contributed by atoms with Crippen molar-refractivity contribution < 1.29 is 57.2 Å². The summed E-state index contributed by atoms with van der Waals surface area (Å²) in [6, 6.07) is 0. The van der Waals surface area contributed by atoms with Crippen LogP contribution in [-0.2, 0) is 57.2 Å². The molecule has 0 aromatic carbocycles. The highest BCUT2D eigenvalue weighted by atomic mass is 16.5. The highest BCUT2D eigenvalue weighted by Crippen LogP contribution is 1.98. The van der Waals surface area contributed by atoms with E-state index in [0.29, 0.717) is 59.2 Å². The summed E-state index contributed by atoms with van der Waals surface area (Å²) in [6.07, 6.45) is 0. The Bertz CT molecular complexity index is 941. The van der Waals surface area contributed by atoms with Gasteiger partial charge in [0.2, 0.25) is 29.5 Å². The van der Waals surface area contributed by atoms with Gasteiger partial charge in [-0.2, -0.15) is 0 Å². The number of nitrogens with zero attached hydrogens (tertiary/aromatic N) is 4. The maximum Gasteiger partial charge on any atom is 0.249 e. The van der Waals surface area contributed by atoms with E-state index in [1.807, 2.05) is 0 Å². The van der Waals surface area contributed by atoms with Crippen molar-refractivity contribution in [3.8, 4) is 0 Å². The van der Waals surface area contributed by atoms with Gasteiger partial charge in [-0.05, 0) is 14.0 Å². The minimum atomic E-state index is -0.534. The third-order valence-electron chi connectivity index (χ3n) is 6.66. The minimum absolute atomic E-state index is 0.00353. The zero-order valence-electron chi connectivity index (χ0n) is 29.4. The number of ketones is 1. The SMILES string of the molecule is CNCCN(CC(=O)NCCN(CC(C)=O)C(=O)COCC(=O)N(CCOC)CCOC)C(=O)COCC(=O)N(CCOC)CCOC. The highest BCUT2D eigenvalue weighted by molar-refractivity contribution is 5.87. The molecule has 0 saturated carbocycles. The Morgan fingerprint density at radius 1 is 0.500 bits per heavy atom. The van der Waals surface area contributed by atoms with Gasteiger partial charge in [0.05, 0.1) is 39.5 Å². The molecule has 48 heavy (non-hydrogen) atoms. The molecule has 0 spiro atoms. The molecular formula is C30H56N6O12. The number of rotatable bonds is 30. The van der Waals surface area contributed by atoms with Crippen LogP contribution in [-0.4, -0.2) is 209 Å². The Morgan fingerprint density at radius 3 is 1.21 bits per heavy atom. The van der Waals surface area contributed by atoms with Gasteiger partial charge in [-0.1, -0.05) is 0 Å². The van der Waals surface area contributed by atoms with Crippen molar-refractivity contribution in [3.05, 3.63) is 0 Å².